The largest absolute Gasteiger partial charge is 0.481 e. The summed E-state index contributed by atoms with van der Waals surface area (Å²) in [4.78, 5) is 21.4. The third kappa shape index (κ3) is 7.92. The fourth-order valence-electron chi connectivity index (χ4n) is 0.841. The molecule has 0 rings (SSSR count). The van der Waals surface area contributed by atoms with Gasteiger partial charge in [-0.2, -0.15) is 0 Å². The molecule has 0 aliphatic heterocycles. The number of carboxylic acids is 1. The van der Waals surface area contributed by atoms with Gasteiger partial charge >= 0.3 is 5.97 Å². The molecule has 6 nitrogen and oxygen atoms in total. The maximum absolute atomic E-state index is 11.0. The van der Waals surface area contributed by atoms with Crippen molar-refractivity contribution in [2.75, 3.05) is 18.6 Å². The predicted octanol–water partition coefficient (Wildman–Crippen LogP) is -0.742. The molecule has 0 saturated carbocycles. The van der Waals surface area contributed by atoms with Gasteiger partial charge in [0.15, 0.2) is 9.84 Å². The number of rotatable bonds is 6. The number of carbonyl (C=O) groups is 2. The van der Waals surface area contributed by atoms with Gasteiger partial charge in [0.25, 0.3) is 0 Å². The number of aliphatic carboxylic acids is 1. The minimum absolute atomic E-state index is 0.168. The molecule has 0 aliphatic rings. The molecule has 0 bridgehead atoms. The lowest BCUT2D eigenvalue weighted by Gasteiger charge is -2.07. The maximum atomic E-state index is 11.0. The highest BCUT2D eigenvalue weighted by molar-refractivity contribution is 7.91. The van der Waals surface area contributed by atoms with Crippen molar-refractivity contribution < 1.29 is 23.1 Å². The van der Waals surface area contributed by atoms with Gasteiger partial charge in [0.05, 0.1) is 5.92 Å². The van der Waals surface area contributed by atoms with Gasteiger partial charge < -0.3 is 10.4 Å². The topological polar surface area (TPSA) is 101 Å². The Morgan fingerprint density at radius 2 is 1.93 bits per heavy atom. The van der Waals surface area contributed by atoms with E-state index in [9.17, 15) is 18.0 Å². The first-order chi connectivity index (χ1) is 6.72. The molecular weight excluding hydrogens is 222 g/mol. The van der Waals surface area contributed by atoms with Crippen LogP contribution < -0.4 is 5.32 Å². The fourth-order valence-corrected chi connectivity index (χ4v) is 1.42. The van der Waals surface area contributed by atoms with Crippen LogP contribution in [-0.2, 0) is 19.4 Å². The number of hydrogen-bond acceptors (Lipinski definition) is 4. The Balaban J connectivity index is 3.79. The second-order valence-electron chi connectivity index (χ2n) is 3.45. The molecule has 2 N–H and O–H groups in total. The van der Waals surface area contributed by atoms with Crippen molar-refractivity contribution in [2.24, 2.45) is 5.92 Å². The molecule has 1 amide bonds. The zero-order valence-corrected chi connectivity index (χ0v) is 9.50. The van der Waals surface area contributed by atoms with Gasteiger partial charge in [-0.1, -0.05) is 6.92 Å². The Morgan fingerprint density at radius 3 is 2.33 bits per heavy atom. The quantitative estimate of drug-likeness (QED) is 0.633. The van der Waals surface area contributed by atoms with E-state index in [2.05, 4.69) is 5.32 Å². The first kappa shape index (κ1) is 13.9. The van der Waals surface area contributed by atoms with E-state index in [4.69, 9.17) is 5.11 Å². The summed E-state index contributed by atoms with van der Waals surface area (Å²) in [5.41, 5.74) is 0. The summed E-state index contributed by atoms with van der Waals surface area (Å²) in [5, 5.41) is 10.9. The number of nitrogens with one attached hydrogen (secondary N) is 1. The SMILES string of the molecule is CC(CCNC(=O)CS(C)(=O)=O)C(=O)O. The number of carboxylic acid groups (broad SMARTS) is 1. The summed E-state index contributed by atoms with van der Waals surface area (Å²) in [5.74, 6) is -2.65. The van der Waals surface area contributed by atoms with Crippen LogP contribution in [0, 0.1) is 5.92 Å². The van der Waals surface area contributed by atoms with Crippen molar-refractivity contribution in [3.05, 3.63) is 0 Å². The monoisotopic (exact) mass is 237 g/mol. The molecule has 1 atom stereocenters. The van der Waals surface area contributed by atoms with Gasteiger partial charge in [0.2, 0.25) is 5.91 Å². The summed E-state index contributed by atoms with van der Waals surface area (Å²) in [6.07, 6.45) is 1.25. The van der Waals surface area contributed by atoms with Crippen molar-refractivity contribution in [3.8, 4) is 0 Å². The zero-order valence-electron chi connectivity index (χ0n) is 8.69. The van der Waals surface area contributed by atoms with Gasteiger partial charge in [0, 0.05) is 12.8 Å². The lowest BCUT2D eigenvalue weighted by Crippen LogP contribution is -2.31. The number of amides is 1. The van der Waals surface area contributed by atoms with Crippen LogP contribution in [0.15, 0.2) is 0 Å². The van der Waals surface area contributed by atoms with E-state index in [1.807, 2.05) is 0 Å². The van der Waals surface area contributed by atoms with Crippen LogP contribution in [-0.4, -0.2) is 44.0 Å². The lowest BCUT2D eigenvalue weighted by atomic mass is 10.1. The smallest absolute Gasteiger partial charge is 0.306 e. The Kier molecular flexibility index (Phi) is 5.27. The van der Waals surface area contributed by atoms with Crippen molar-refractivity contribution in [3.63, 3.8) is 0 Å². The highest BCUT2D eigenvalue weighted by atomic mass is 32.2. The van der Waals surface area contributed by atoms with E-state index in [0.717, 1.165) is 6.26 Å². The number of hydrogen-bond donors (Lipinski definition) is 2. The first-order valence-corrected chi connectivity index (χ1v) is 6.45. The molecule has 0 saturated heterocycles. The highest BCUT2D eigenvalue weighted by Crippen LogP contribution is 1.99. The Bertz CT molecular complexity index is 335. The zero-order chi connectivity index (χ0) is 12.1. The minimum atomic E-state index is -3.32. The first-order valence-electron chi connectivity index (χ1n) is 4.39. The van der Waals surface area contributed by atoms with Crippen LogP contribution in [0.2, 0.25) is 0 Å². The van der Waals surface area contributed by atoms with Crippen LogP contribution in [0.3, 0.4) is 0 Å². The van der Waals surface area contributed by atoms with Crippen LogP contribution in [0.1, 0.15) is 13.3 Å². The molecule has 0 spiro atoms. The summed E-state index contributed by atoms with van der Waals surface area (Å²) in [6.45, 7) is 1.69. The molecule has 1 unspecified atom stereocenters. The van der Waals surface area contributed by atoms with E-state index in [1.165, 1.54) is 6.92 Å². The van der Waals surface area contributed by atoms with E-state index in [0.29, 0.717) is 0 Å². The van der Waals surface area contributed by atoms with Gasteiger partial charge in [-0.3, -0.25) is 9.59 Å². The van der Waals surface area contributed by atoms with Crippen LogP contribution in [0.25, 0.3) is 0 Å². The molecule has 7 heteroatoms. The molecule has 0 heterocycles. The standard InChI is InChI=1S/C8H15NO5S/c1-6(8(11)12)3-4-9-7(10)5-15(2,13)14/h6H,3-5H2,1-2H3,(H,9,10)(H,11,12). The molecular formula is C8H15NO5S. The van der Waals surface area contributed by atoms with Gasteiger partial charge in [-0.05, 0) is 6.42 Å². The second kappa shape index (κ2) is 5.69. The molecule has 0 radical (unpaired) electrons. The molecule has 0 aromatic carbocycles. The summed E-state index contributed by atoms with van der Waals surface area (Å²) in [6, 6.07) is 0. The lowest BCUT2D eigenvalue weighted by molar-refractivity contribution is -0.141. The normalized spacial score (nSPS) is 13.2. The average Bonchev–Trinajstić information content (AvgIpc) is 2.00. The third-order valence-electron chi connectivity index (χ3n) is 1.71. The molecule has 15 heavy (non-hydrogen) atoms. The van der Waals surface area contributed by atoms with Gasteiger partial charge in [-0.15, -0.1) is 0 Å². The van der Waals surface area contributed by atoms with E-state index >= 15 is 0 Å². The minimum Gasteiger partial charge on any atom is -0.481 e. The van der Waals surface area contributed by atoms with Crippen LogP contribution in [0.4, 0.5) is 0 Å². The van der Waals surface area contributed by atoms with Crippen LogP contribution in [0.5, 0.6) is 0 Å². The molecule has 0 aromatic heterocycles. The van der Waals surface area contributed by atoms with Gasteiger partial charge in [-0.25, -0.2) is 8.42 Å². The van der Waals surface area contributed by atoms with Gasteiger partial charge in [0.1, 0.15) is 5.75 Å². The molecule has 0 aliphatic carbocycles. The second-order valence-corrected chi connectivity index (χ2v) is 5.59. The summed E-state index contributed by atoms with van der Waals surface area (Å²) >= 11 is 0. The molecule has 0 fully saturated rings. The van der Waals surface area contributed by atoms with Crippen molar-refractivity contribution in [1.82, 2.24) is 5.32 Å². The average molecular weight is 237 g/mol. The van der Waals surface area contributed by atoms with E-state index in [1.54, 1.807) is 0 Å². The van der Waals surface area contributed by atoms with E-state index in [-0.39, 0.29) is 13.0 Å². The predicted molar refractivity (Wildman–Crippen MR) is 54.1 cm³/mol. The van der Waals surface area contributed by atoms with E-state index < -0.39 is 33.4 Å². The maximum Gasteiger partial charge on any atom is 0.306 e. The third-order valence-corrected chi connectivity index (χ3v) is 2.50. The Morgan fingerprint density at radius 1 is 1.40 bits per heavy atom. The molecule has 0 aromatic rings. The molecule has 88 valence electrons. The van der Waals surface area contributed by atoms with Crippen LogP contribution >= 0.6 is 0 Å². The van der Waals surface area contributed by atoms with Crippen molar-refractivity contribution in [2.45, 2.75) is 13.3 Å². The number of carbonyl (C=O) groups excluding carboxylic acids is 1. The van der Waals surface area contributed by atoms with Crippen molar-refractivity contribution in [1.29, 1.82) is 0 Å². The number of sulfone groups is 1. The fraction of sp³-hybridized carbons (Fsp3) is 0.750. The highest BCUT2D eigenvalue weighted by Gasteiger charge is 2.13. The summed E-state index contributed by atoms with van der Waals surface area (Å²) < 4.78 is 21.4. The summed E-state index contributed by atoms with van der Waals surface area (Å²) in [7, 11) is -3.32. The Labute approximate surface area is 88.6 Å². The Hall–Kier alpha value is -1.11. The van der Waals surface area contributed by atoms with Crippen molar-refractivity contribution >= 4 is 21.7 Å².